The zero-order chi connectivity index (χ0) is 15.7. The van der Waals surface area contributed by atoms with E-state index in [0.29, 0.717) is 4.90 Å². The molecule has 1 heterocycles. The van der Waals surface area contributed by atoms with Crippen molar-refractivity contribution in [1.29, 1.82) is 0 Å². The average molecular weight is 310 g/mol. The van der Waals surface area contributed by atoms with Gasteiger partial charge >= 0.3 is 0 Å². The number of aryl methyl sites for hydroxylation is 1. The summed E-state index contributed by atoms with van der Waals surface area (Å²) in [5.41, 5.74) is 2.65. The minimum absolute atomic E-state index is 0.390. The smallest absolute Gasteiger partial charge is 0.241 e. The second-order valence-electron chi connectivity index (χ2n) is 6.14. The summed E-state index contributed by atoms with van der Waals surface area (Å²) in [6.07, 6.45) is 3.33. The molecule has 0 radical (unpaired) electrons. The maximum atomic E-state index is 12.8. The number of sulfonamides is 1. The van der Waals surface area contributed by atoms with Crippen molar-refractivity contribution in [3.63, 3.8) is 0 Å². The number of nitrogens with one attached hydrogen (secondary N) is 2. The Hall–Kier alpha value is -1.07. The molecule has 118 valence electrons. The average Bonchev–Trinajstić information content (AvgIpc) is 2.47. The van der Waals surface area contributed by atoms with Gasteiger partial charge in [0.1, 0.15) is 0 Å². The lowest BCUT2D eigenvalue weighted by Gasteiger charge is -2.29. The Morgan fingerprint density at radius 3 is 2.57 bits per heavy atom. The van der Waals surface area contributed by atoms with E-state index in [1.807, 2.05) is 33.8 Å². The van der Waals surface area contributed by atoms with Gasteiger partial charge in [0.05, 0.1) is 4.90 Å². The summed E-state index contributed by atoms with van der Waals surface area (Å²) < 4.78 is 28.5. The summed E-state index contributed by atoms with van der Waals surface area (Å²) in [6.45, 7) is 8.91. The van der Waals surface area contributed by atoms with Gasteiger partial charge in [-0.25, -0.2) is 13.1 Å². The van der Waals surface area contributed by atoms with Crippen molar-refractivity contribution < 1.29 is 8.42 Å². The second kappa shape index (κ2) is 5.97. The van der Waals surface area contributed by atoms with Gasteiger partial charge in [0, 0.05) is 17.8 Å². The summed E-state index contributed by atoms with van der Waals surface area (Å²) in [4.78, 5) is 0.434. The quantitative estimate of drug-likeness (QED) is 0.878. The van der Waals surface area contributed by atoms with Gasteiger partial charge in [0.15, 0.2) is 0 Å². The predicted molar refractivity (Wildman–Crippen MR) is 87.3 cm³/mol. The van der Waals surface area contributed by atoms with Crippen LogP contribution >= 0.6 is 0 Å². The molecule has 1 aliphatic rings. The van der Waals surface area contributed by atoms with E-state index in [-0.39, 0.29) is 0 Å². The topological polar surface area (TPSA) is 58.2 Å². The molecule has 1 aliphatic heterocycles. The first-order valence-electron chi connectivity index (χ1n) is 7.73. The van der Waals surface area contributed by atoms with E-state index in [0.717, 1.165) is 49.0 Å². The van der Waals surface area contributed by atoms with Gasteiger partial charge in [-0.15, -0.1) is 0 Å². The molecule has 0 aromatic heterocycles. The van der Waals surface area contributed by atoms with Gasteiger partial charge in [0.25, 0.3) is 0 Å². The molecular formula is C16H26N2O2S. The fourth-order valence-corrected chi connectivity index (χ4v) is 4.57. The van der Waals surface area contributed by atoms with Crippen LogP contribution in [0.25, 0.3) is 0 Å². The molecule has 5 heteroatoms. The molecule has 0 fully saturated rings. The van der Waals surface area contributed by atoms with Crippen LogP contribution in [0, 0.1) is 6.92 Å². The highest BCUT2D eigenvalue weighted by Crippen LogP contribution is 2.32. The Morgan fingerprint density at radius 1 is 1.29 bits per heavy atom. The first-order chi connectivity index (χ1) is 9.83. The highest BCUT2D eigenvalue weighted by atomic mass is 32.2. The van der Waals surface area contributed by atoms with E-state index in [1.165, 1.54) is 0 Å². The molecule has 0 aliphatic carbocycles. The molecule has 0 saturated heterocycles. The first kappa shape index (κ1) is 16.3. The Bertz CT molecular complexity index is 619. The van der Waals surface area contributed by atoms with Gasteiger partial charge in [0.2, 0.25) is 10.0 Å². The fourth-order valence-electron chi connectivity index (χ4n) is 2.74. The summed E-state index contributed by atoms with van der Waals surface area (Å²) in [6, 6.07) is 3.64. The zero-order valence-electron chi connectivity index (χ0n) is 13.4. The van der Waals surface area contributed by atoms with Crippen molar-refractivity contribution >= 4 is 15.7 Å². The van der Waals surface area contributed by atoms with Gasteiger partial charge < -0.3 is 5.32 Å². The second-order valence-corrected chi connectivity index (χ2v) is 7.79. The third-order valence-corrected chi connectivity index (χ3v) is 6.34. The summed E-state index contributed by atoms with van der Waals surface area (Å²) >= 11 is 0. The number of benzene rings is 1. The number of rotatable bonds is 5. The molecule has 0 spiro atoms. The van der Waals surface area contributed by atoms with Crippen molar-refractivity contribution in [2.75, 3.05) is 11.9 Å². The van der Waals surface area contributed by atoms with Crippen molar-refractivity contribution in [2.45, 2.75) is 63.8 Å². The third-order valence-electron chi connectivity index (χ3n) is 4.61. The van der Waals surface area contributed by atoms with Crippen LogP contribution in [0.15, 0.2) is 17.0 Å². The van der Waals surface area contributed by atoms with Crippen molar-refractivity contribution in [3.8, 4) is 0 Å². The summed E-state index contributed by atoms with van der Waals surface area (Å²) in [7, 11) is -3.49. The van der Waals surface area contributed by atoms with Crippen LogP contribution in [-0.2, 0) is 16.4 Å². The largest absolute Gasteiger partial charge is 0.385 e. The number of hydrogen-bond donors (Lipinski definition) is 2. The first-order valence-corrected chi connectivity index (χ1v) is 9.21. The van der Waals surface area contributed by atoms with Gasteiger partial charge in [-0.3, -0.25) is 0 Å². The van der Waals surface area contributed by atoms with E-state index >= 15 is 0 Å². The number of anilines is 1. The lowest BCUT2D eigenvalue weighted by Crippen LogP contribution is -2.45. The highest BCUT2D eigenvalue weighted by Gasteiger charge is 2.30. The number of hydrogen-bond acceptors (Lipinski definition) is 3. The van der Waals surface area contributed by atoms with Gasteiger partial charge in [-0.2, -0.15) is 0 Å². The van der Waals surface area contributed by atoms with Gasteiger partial charge in [-0.1, -0.05) is 19.9 Å². The van der Waals surface area contributed by atoms with E-state index in [4.69, 9.17) is 0 Å². The van der Waals surface area contributed by atoms with E-state index in [2.05, 4.69) is 10.0 Å². The third kappa shape index (κ3) is 3.24. The molecule has 0 unspecified atom stereocenters. The Balaban J connectivity index is 2.46. The normalized spacial score (nSPS) is 15.4. The Kier molecular flexibility index (Phi) is 4.63. The number of fused-ring (bicyclic) bond motifs is 1. The standard InChI is InChI=1S/C16H26N2O2S/c1-5-16(4,6-2)18-21(19,20)14-10-9-12(3)15-13(14)8-7-11-17-15/h9-10,17-18H,5-8,11H2,1-4H3. The SMILES string of the molecule is CCC(C)(CC)NS(=O)(=O)c1ccc(C)c2c1CCCN2. The Labute approximate surface area is 128 Å². The van der Waals surface area contributed by atoms with Gasteiger partial charge in [-0.05, 0) is 56.7 Å². The van der Waals surface area contributed by atoms with Crippen molar-refractivity contribution in [1.82, 2.24) is 4.72 Å². The maximum Gasteiger partial charge on any atom is 0.241 e. The monoisotopic (exact) mass is 310 g/mol. The zero-order valence-corrected chi connectivity index (χ0v) is 14.2. The van der Waals surface area contributed by atoms with Crippen molar-refractivity contribution in [2.24, 2.45) is 0 Å². The van der Waals surface area contributed by atoms with Crippen LogP contribution < -0.4 is 10.0 Å². The van der Waals surface area contributed by atoms with Crippen molar-refractivity contribution in [3.05, 3.63) is 23.3 Å². The van der Waals surface area contributed by atoms with Crippen LogP contribution in [-0.4, -0.2) is 20.5 Å². The molecule has 0 saturated carbocycles. The molecule has 2 N–H and O–H groups in total. The molecule has 2 rings (SSSR count). The maximum absolute atomic E-state index is 12.8. The lowest BCUT2D eigenvalue weighted by molar-refractivity contribution is 0.388. The summed E-state index contributed by atoms with van der Waals surface area (Å²) in [5.74, 6) is 0. The molecule has 1 aromatic rings. The fraction of sp³-hybridized carbons (Fsp3) is 0.625. The molecule has 0 bridgehead atoms. The van der Waals surface area contributed by atoms with E-state index in [9.17, 15) is 8.42 Å². The van der Waals surface area contributed by atoms with Crippen LogP contribution in [0.5, 0.6) is 0 Å². The van der Waals surface area contributed by atoms with Crippen LogP contribution in [0.4, 0.5) is 5.69 Å². The minimum Gasteiger partial charge on any atom is -0.385 e. The van der Waals surface area contributed by atoms with Crippen LogP contribution in [0.1, 0.15) is 51.2 Å². The predicted octanol–water partition coefficient (Wildman–Crippen LogP) is 3.21. The Morgan fingerprint density at radius 2 is 1.95 bits per heavy atom. The summed E-state index contributed by atoms with van der Waals surface area (Å²) in [5, 5.41) is 3.34. The highest BCUT2D eigenvalue weighted by molar-refractivity contribution is 7.89. The lowest BCUT2D eigenvalue weighted by atomic mass is 9.98. The minimum atomic E-state index is -3.49. The van der Waals surface area contributed by atoms with Crippen LogP contribution in [0.2, 0.25) is 0 Å². The molecular weight excluding hydrogens is 284 g/mol. The van der Waals surface area contributed by atoms with E-state index < -0.39 is 15.6 Å². The molecule has 0 atom stereocenters. The molecule has 0 amide bonds. The molecule has 21 heavy (non-hydrogen) atoms. The molecule has 1 aromatic carbocycles. The van der Waals surface area contributed by atoms with E-state index in [1.54, 1.807) is 6.07 Å². The molecule has 4 nitrogen and oxygen atoms in total. The van der Waals surface area contributed by atoms with Crippen LogP contribution in [0.3, 0.4) is 0 Å².